The van der Waals surface area contributed by atoms with Crippen LogP contribution in [-0.2, 0) is 4.74 Å². The average Bonchev–Trinajstić information content (AvgIpc) is 2.99. The maximum Gasteiger partial charge on any atom is 0.410 e. The lowest BCUT2D eigenvalue weighted by molar-refractivity contribution is 0.0285. The Balaban J connectivity index is 1.78. The highest BCUT2D eigenvalue weighted by Crippen LogP contribution is 2.23. The molecule has 0 radical (unpaired) electrons. The molecule has 1 heterocycles. The van der Waals surface area contributed by atoms with E-state index in [4.69, 9.17) is 14.2 Å². The van der Waals surface area contributed by atoms with Gasteiger partial charge in [0.05, 0.1) is 13.2 Å². The van der Waals surface area contributed by atoms with E-state index in [1.807, 2.05) is 45.0 Å². The van der Waals surface area contributed by atoms with Crippen molar-refractivity contribution in [3.63, 3.8) is 0 Å². The molecule has 1 fully saturated rings. The number of likely N-dealkylation sites (tertiary alicyclic amines) is 1. The van der Waals surface area contributed by atoms with Crippen LogP contribution in [0.25, 0.3) is 0 Å². The zero-order valence-corrected chi connectivity index (χ0v) is 16.2. The molecule has 1 amide bonds. The number of rotatable bonds is 6. The summed E-state index contributed by atoms with van der Waals surface area (Å²) in [6.07, 6.45) is 0.689. The highest BCUT2D eigenvalue weighted by molar-refractivity contribution is 9.09. The van der Waals surface area contributed by atoms with Crippen LogP contribution in [0, 0.1) is 5.92 Å². The number of hydrogen-bond acceptors (Lipinski definition) is 4. The van der Waals surface area contributed by atoms with Crippen LogP contribution in [0.4, 0.5) is 4.79 Å². The summed E-state index contributed by atoms with van der Waals surface area (Å²) >= 11 is 3.34. The van der Waals surface area contributed by atoms with Crippen LogP contribution in [0.15, 0.2) is 24.3 Å². The molecule has 0 saturated carbocycles. The van der Waals surface area contributed by atoms with Gasteiger partial charge in [-0.3, -0.25) is 0 Å². The second kappa shape index (κ2) is 8.60. The first-order chi connectivity index (χ1) is 11.4. The third kappa shape index (κ3) is 6.23. The summed E-state index contributed by atoms with van der Waals surface area (Å²) in [6.45, 7) is 8.24. The summed E-state index contributed by atoms with van der Waals surface area (Å²) in [5.41, 5.74) is -0.457. The van der Waals surface area contributed by atoms with Crippen molar-refractivity contribution in [2.24, 2.45) is 5.92 Å². The lowest BCUT2D eigenvalue weighted by Crippen LogP contribution is -2.35. The zero-order chi connectivity index (χ0) is 17.6. The summed E-state index contributed by atoms with van der Waals surface area (Å²) in [5, 5.41) is 0.792. The largest absolute Gasteiger partial charge is 0.493 e. The molecule has 0 spiro atoms. The Labute approximate surface area is 152 Å². The number of hydrogen-bond donors (Lipinski definition) is 0. The summed E-state index contributed by atoms with van der Waals surface area (Å²) in [7, 11) is 0. The number of benzene rings is 1. The van der Waals surface area contributed by atoms with Gasteiger partial charge in [-0.25, -0.2) is 4.79 Å². The summed E-state index contributed by atoms with van der Waals surface area (Å²) in [5.74, 6) is 1.91. The maximum absolute atomic E-state index is 12.1. The van der Waals surface area contributed by atoms with E-state index in [0.717, 1.165) is 29.8 Å². The van der Waals surface area contributed by atoms with E-state index in [0.29, 0.717) is 25.7 Å². The van der Waals surface area contributed by atoms with Crippen molar-refractivity contribution >= 4 is 22.0 Å². The summed E-state index contributed by atoms with van der Waals surface area (Å²) in [4.78, 5) is 13.8. The minimum atomic E-state index is -0.457. The molecule has 5 nitrogen and oxygen atoms in total. The van der Waals surface area contributed by atoms with E-state index >= 15 is 0 Å². The molecule has 24 heavy (non-hydrogen) atoms. The van der Waals surface area contributed by atoms with E-state index in [2.05, 4.69) is 15.9 Å². The molecule has 1 aliphatic rings. The number of amides is 1. The van der Waals surface area contributed by atoms with E-state index in [1.54, 1.807) is 4.90 Å². The van der Waals surface area contributed by atoms with Gasteiger partial charge in [-0.2, -0.15) is 0 Å². The highest BCUT2D eigenvalue weighted by Gasteiger charge is 2.30. The quantitative estimate of drug-likeness (QED) is 0.675. The molecule has 0 aromatic heterocycles. The van der Waals surface area contributed by atoms with Crippen molar-refractivity contribution in [3.05, 3.63) is 24.3 Å². The number of halogens is 1. The van der Waals surface area contributed by atoms with E-state index in [1.165, 1.54) is 0 Å². The molecule has 1 saturated heterocycles. The topological polar surface area (TPSA) is 48.0 Å². The van der Waals surface area contributed by atoms with Crippen LogP contribution < -0.4 is 9.47 Å². The molecule has 0 bridgehead atoms. The minimum absolute atomic E-state index is 0.241. The third-order valence-electron chi connectivity index (χ3n) is 3.57. The van der Waals surface area contributed by atoms with Crippen molar-refractivity contribution in [1.82, 2.24) is 4.90 Å². The molecule has 1 aromatic rings. The fraction of sp³-hybridized carbons (Fsp3) is 0.611. The maximum atomic E-state index is 12.1. The smallest absolute Gasteiger partial charge is 0.410 e. The van der Waals surface area contributed by atoms with Gasteiger partial charge in [-0.05, 0) is 39.3 Å². The predicted molar refractivity (Wildman–Crippen MR) is 97.1 cm³/mol. The molecular weight excluding hydrogens is 374 g/mol. The molecule has 1 aliphatic heterocycles. The second-order valence-corrected chi connectivity index (χ2v) is 7.70. The third-order valence-corrected chi connectivity index (χ3v) is 3.90. The number of carbonyl (C=O) groups is 1. The lowest BCUT2D eigenvalue weighted by atomic mass is 10.1. The van der Waals surface area contributed by atoms with Crippen molar-refractivity contribution in [2.75, 3.05) is 31.6 Å². The lowest BCUT2D eigenvalue weighted by Gasteiger charge is -2.24. The molecule has 2 rings (SSSR count). The van der Waals surface area contributed by atoms with Gasteiger partial charge >= 0.3 is 6.09 Å². The Morgan fingerprint density at radius 3 is 2.67 bits per heavy atom. The predicted octanol–water partition coefficient (Wildman–Crippen LogP) is 4.10. The Hall–Kier alpha value is -1.43. The normalized spacial score (nSPS) is 17.7. The zero-order valence-electron chi connectivity index (χ0n) is 14.6. The van der Waals surface area contributed by atoms with Crippen molar-refractivity contribution in [1.29, 1.82) is 0 Å². The molecular formula is C18H26BrNO4. The van der Waals surface area contributed by atoms with Crippen molar-refractivity contribution in [3.8, 4) is 11.5 Å². The van der Waals surface area contributed by atoms with Crippen molar-refractivity contribution < 1.29 is 19.0 Å². The monoisotopic (exact) mass is 399 g/mol. The number of alkyl halides is 1. The summed E-state index contributed by atoms with van der Waals surface area (Å²) in [6, 6.07) is 7.64. The Morgan fingerprint density at radius 1 is 1.29 bits per heavy atom. The number of ether oxygens (including phenoxy) is 3. The fourth-order valence-corrected chi connectivity index (χ4v) is 2.65. The van der Waals surface area contributed by atoms with Crippen LogP contribution in [0.5, 0.6) is 11.5 Å². The van der Waals surface area contributed by atoms with E-state index in [-0.39, 0.29) is 6.09 Å². The van der Waals surface area contributed by atoms with Gasteiger partial charge in [0.15, 0.2) is 0 Å². The van der Waals surface area contributed by atoms with Gasteiger partial charge in [0.25, 0.3) is 0 Å². The van der Waals surface area contributed by atoms with Gasteiger partial charge < -0.3 is 19.1 Å². The first kappa shape index (κ1) is 18.9. The molecule has 0 unspecified atom stereocenters. The Bertz CT molecular complexity index is 544. The molecule has 1 atom stereocenters. The first-order valence-electron chi connectivity index (χ1n) is 8.27. The minimum Gasteiger partial charge on any atom is -0.493 e. The van der Waals surface area contributed by atoms with Gasteiger partial charge in [0.2, 0.25) is 0 Å². The van der Waals surface area contributed by atoms with Gasteiger partial charge in [-0.1, -0.05) is 22.0 Å². The first-order valence-corrected chi connectivity index (χ1v) is 9.39. The van der Waals surface area contributed by atoms with Crippen LogP contribution in [0.3, 0.4) is 0 Å². The molecule has 6 heteroatoms. The number of carbonyl (C=O) groups excluding carboxylic acids is 1. The van der Waals surface area contributed by atoms with Crippen molar-refractivity contribution in [2.45, 2.75) is 32.8 Å². The Morgan fingerprint density at radius 2 is 2.00 bits per heavy atom. The molecule has 1 aromatic carbocycles. The molecule has 0 N–H and O–H groups in total. The SMILES string of the molecule is CC(C)(C)OC(=O)N1CC[C@@H](COc2cccc(OCCBr)c2)C1. The van der Waals surface area contributed by atoms with Gasteiger partial charge in [-0.15, -0.1) is 0 Å². The Kier molecular flexibility index (Phi) is 6.78. The fourth-order valence-electron chi connectivity index (χ4n) is 2.49. The van der Waals surface area contributed by atoms with E-state index < -0.39 is 5.60 Å². The van der Waals surface area contributed by atoms with Gasteiger partial charge in [0.1, 0.15) is 17.1 Å². The van der Waals surface area contributed by atoms with Crippen LogP contribution in [0.2, 0.25) is 0 Å². The van der Waals surface area contributed by atoms with Gasteiger partial charge in [0, 0.05) is 30.4 Å². The van der Waals surface area contributed by atoms with Crippen LogP contribution in [0.1, 0.15) is 27.2 Å². The highest BCUT2D eigenvalue weighted by atomic mass is 79.9. The second-order valence-electron chi connectivity index (χ2n) is 6.90. The standard InChI is InChI=1S/C18H26BrNO4/c1-18(2,3)24-17(21)20-9-7-14(12-20)13-23-16-6-4-5-15(11-16)22-10-8-19/h4-6,11,14H,7-10,12-13H2,1-3H3/t14-/m1/s1. The molecule has 134 valence electrons. The van der Waals surface area contributed by atoms with Crippen LogP contribution >= 0.6 is 15.9 Å². The van der Waals surface area contributed by atoms with Crippen LogP contribution in [-0.4, -0.2) is 48.2 Å². The molecule has 0 aliphatic carbocycles. The average molecular weight is 400 g/mol. The summed E-state index contributed by atoms with van der Waals surface area (Å²) < 4.78 is 16.8. The van der Waals surface area contributed by atoms with E-state index in [9.17, 15) is 4.79 Å². The number of nitrogens with zero attached hydrogens (tertiary/aromatic N) is 1.